The fourth-order valence-corrected chi connectivity index (χ4v) is 0. The molecule has 7 heavy (non-hydrogen) atoms. The summed E-state index contributed by atoms with van der Waals surface area (Å²) < 4.78 is 25.4. The van der Waals surface area contributed by atoms with Gasteiger partial charge in [0.2, 0.25) is 0 Å². The minimum absolute atomic E-state index is 0.1000. The Morgan fingerprint density at radius 3 is 1.14 bits per heavy atom. The number of hydrogen-bond acceptors (Lipinski definition) is 4. The first-order valence-corrected chi connectivity index (χ1v) is 9.43. The van der Waals surface area contributed by atoms with Crippen molar-refractivity contribution in [2.75, 3.05) is 0 Å². The molecule has 0 N–H and O–H groups in total. The van der Waals surface area contributed by atoms with Gasteiger partial charge in [-0.1, -0.05) is 0 Å². The summed E-state index contributed by atoms with van der Waals surface area (Å²) in [5.41, 5.74) is 0. The van der Waals surface area contributed by atoms with Crippen LogP contribution in [0.2, 0.25) is 0 Å². The van der Waals surface area contributed by atoms with Crippen molar-refractivity contribution >= 4 is 55.7 Å². The van der Waals surface area contributed by atoms with Crippen molar-refractivity contribution in [1.29, 1.82) is 0 Å². The molecule has 0 bridgehead atoms. The van der Waals surface area contributed by atoms with Crippen LogP contribution in [-0.4, -0.2) is 46.7 Å². The Hall–Kier alpha value is 2.07. The second-order valence-electron chi connectivity index (χ2n) is 0.0833. The molecule has 0 spiro atoms. The van der Waals surface area contributed by atoms with Gasteiger partial charge in [0.25, 0.3) is 0 Å². The van der Waals surface area contributed by atoms with Crippen molar-refractivity contribution in [2.24, 2.45) is 0 Å². The molecule has 0 fully saturated rings. The van der Waals surface area contributed by atoms with Gasteiger partial charge in [-0.3, -0.25) is 0 Å². The SMILES string of the molecule is [O]=[InH].[O]=[Ti]=[O].[S]=[InH]. The molecule has 0 radical (unpaired) electrons. The predicted octanol–water partition coefficient (Wildman–Crippen LogP) is -1.01. The van der Waals surface area contributed by atoms with Gasteiger partial charge < -0.3 is 0 Å². The zero-order valence-corrected chi connectivity index (χ0v) is 14.0. The van der Waals surface area contributed by atoms with E-state index in [1.54, 1.807) is 0 Å². The van der Waals surface area contributed by atoms with Crippen LogP contribution in [0.3, 0.4) is 0 Å². The van der Waals surface area contributed by atoms with Gasteiger partial charge in [0.05, 0.1) is 0 Å². The van der Waals surface area contributed by atoms with Gasteiger partial charge in [-0.25, -0.2) is 0 Å². The molecule has 0 heterocycles. The quantitative estimate of drug-likeness (QED) is 0.520. The summed E-state index contributed by atoms with van der Waals surface area (Å²) in [7, 11) is 4.25. The van der Waals surface area contributed by atoms with E-state index in [-0.39, 0.29) is 24.4 Å². The van der Waals surface area contributed by atoms with Crippen molar-refractivity contribution in [3.05, 3.63) is 0 Å². The van der Waals surface area contributed by atoms with Crippen molar-refractivity contribution in [3.63, 3.8) is 0 Å². The van der Waals surface area contributed by atoms with Gasteiger partial charge >= 0.3 is 84.2 Å². The third-order valence-corrected chi connectivity index (χ3v) is 0. The first-order valence-electron chi connectivity index (χ1n) is 0.986. The Balaban J connectivity index is -0.0000000360. The molecular formula is H2In2O3STi. The van der Waals surface area contributed by atoms with Gasteiger partial charge in [0.15, 0.2) is 0 Å². The Labute approximate surface area is 82.7 Å². The average molecular weight is 360 g/mol. The maximum absolute atomic E-state index is 8.50. The van der Waals surface area contributed by atoms with Crippen LogP contribution in [0.15, 0.2) is 0 Å². The monoisotopic (exact) mass is 360 g/mol. The molecule has 0 atom stereocenters. The van der Waals surface area contributed by atoms with E-state index < -0.39 is 19.1 Å². The van der Waals surface area contributed by atoms with E-state index in [4.69, 9.17) is 9.50 Å². The topological polar surface area (TPSA) is 51.2 Å². The predicted molar refractivity (Wildman–Crippen MR) is 23.9 cm³/mol. The Bertz CT molecular complexity index is 48.9. The van der Waals surface area contributed by atoms with Crippen LogP contribution in [0.5, 0.6) is 0 Å². The molecule has 3 nitrogen and oxygen atoms in total. The summed E-state index contributed by atoms with van der Waals surface area (Å²) in [6.45, 7) is 0. The molecule has 0 aromatic rings. The fraction of sp³-hybridized carbons (Fsp3) is 0. The molecule has 0 amide bonds. The van der Waals surface area contributed by atoms with Crippen LogP contribution in [0.25, 0.3) is 0 Å². The molecule has 0 unspecified atom stereocenters. The zero-order valence-electron chi connectivity index (χ0n) is 3.55. The van der Waals surface area contributed by atoms with Gasteiger partial charge in [-0.15, -0.1) is 0 Å². The summed E-state index contributed by atoms with van der Waals surface area (Å²) in [4.78, 5) is 0. The van der Waals surface area contributed by atoms with E-state index in [0.717, 1.165) is 22.4 Å². The van der Waals surface area contributed by atoms with Gasteiger partial charge in [-0.05, 0) is 0 Å². The van der Waals surface area contributed by atoms with E-state index in [0.29, 0.717) is 0 Å². The van der Waals surface area contributed by atoms with Crippen molar-refractivity contribution < 1.29 is 28.6 Å². The summed E-state index contributed by atoms with van der Waals surface area (Å²) in [5, 5.41) is 0. The number of rotatable bonds is 0. The molecule has 7 heteroatoms. The second-order valence-corrected chi connectivity index (χ2v) is 0.344. The first kappa shape index (κ1) is 16.0. The first-order chi connectivity index (χ1) is 3.41. The normalized spacial score (nSPS) is 2.00. The molecule has 0 aromatic heterocycles. The van der Waals surface area contributed by atoms with Crippen LogP contribution in [0, 0.1) is 0 Å². The van der Waals surface area contributed by atoms with Crippen molar-refractivity contribution in [1.82, 2.24) is 0 Å². The Morgan fingerprint density at radius 1 is 1.14 bits per heavy atom. The molecule has 0 aromatic carbocycles. The minimum atomic E-state index is -2.00. The van der Waals surface area contributed by atoms with E-state index in [9.17, 15) is 0 Å². The van der Waals surface area contributed by atoms with Crippen LogP contribution >= 0.6 is 8.92 Å². The van der Waals surface area contributed by atoms with Gasteiger partial charge in [0.1, 0.15) is 0 Å². The summed E-state index contributed by atoms with van der Waals surface area (Å²) >= 11 is -1.37. The molecule has 0 aliphatic rings. The number of hydrogen-bond donors (Lipinski definition) is 0. The summed E-state index contributed by atoms with van der Waals surface area (Å²) in [6, 6.07) is 0. The fourth-order valence-electron chi connectivity index (χ4n) is 0. The molecule has 0 rings (SSSR count). The molecule has 36 valence electrons. The van der Waals surface area contributed by atoms with E-state index in [1.807, 2.05) is 0 Å². The van der Waals surface area contributed by atoms with E-state index in [1.165, 1.54) is 0 Å². The third-order valence-electron chi connectivity index (χ3n) is 0. The van der Waals surface area contributed by atoms with E-state index >= 15 is 0 Å². The van der Waals surface area contributed by atoms with E-state index in [2.05, 4.69) is 8.92 Å². The van der Waals surface area contributed by atoms with Crippen molar-refractivity contribution in [2.45, 2.75) is 0 Å². The molecular weight excluding hydrogens is 358 g/mol. The standard InChI is InChI=1S/2In.3O.S.Ti.2H. The summed E-state index contributed by atoms with van der Waals surface area (Å²) in [5.74, 6) is 0. The Kier molecular flexibility index (Phi) is 97.9. The zero-order chi connectivity index (χ0) is 6.71. The maximum atomic E-state index is 8.50. The average Bonchev–Trinajstić information content (AvgIpc) is 1.78. The van der Waals surface area contributed by atoms with Crippen LogP contribution in [0.4, 0.5) is 0 Å². The Morgan fingerprint density at radius 2 is 1.14 bits per heavy atom. The molecule has 0 saturated heterocycles. The van der Waals surface area contributed by atoms with Crippen molar-refractivity contribution in [3.8, 4) is 0 Å². The van der Waals surface area contributed by atoms with Gasteiger partial charge in [0, 0.05) is 0 Å². The summed E-state index contributed by atoms with van der Waals surface area (Å²) in [6.07, 6.45) is 0. The third kappa shape index (κ3) is 69.2. The molecule has 0 aliphatic heterocycles. The van der Waals surface area contributed by atoms with Crippen LogP contribution in [-0.2, 0) is 28.6 Å². The van der Waals surface area contributed by atoms with Crippen LogP contribution in [0.1, 0.15) is 0 Å². The van der Waals surface area contributed by atoms with Gasteiger partial charge in [-0.2, -0.15) is 0 Å². The molecule has 0 aliphatic carbocycles. The van der Waals surface area contributed by atoms with Crippen LogP contribution < -0.4 is 0 Å². The molecule has 0 saturated carbocycles. The second kappa shape index (κ2) is 42.8.